The van der Waals surface area contributed by atoms with Gasteiger partial charge in [0.2, 0.25) is 0 Å². The van der Waals surface area contributed by atoms with Crippen LogP contribution in [0, 0.1) is 0 Å². The van der Waals surface area contributed by atoms with Crippen LogP contribution in [0.5, 0.6) is 0 Å². The zero-order chi connectivity index (χ0) is 12.3. The summed E-state index contributed by atoms with van der Waals surface area (Å²) in [5.41, 5.74) is -0.0557. The number of rotatable bonds is 3. The fourth-order valence-electron chi connectivity index (χ4n) is 1.32. The second-order valence-corrected chi connectivity index (χ2v) is 4.40. The number of aromatic nitrogens is 1. The monoisotopic (exact) mass is 243 g/mol. The van der Waals surface area contributed by atoms with Gasteiger partial charge in [-0.3, -0.25) is 0 Å². The summed E-state index contributed by atoms with van der Waals surface area (Å²) in [6.45, 7) is 3.47. The van der Waals surface area contributed by atoms with Gasteiger partial charge in [-0.15, -0.1) is 0 Å². The van der Waals surface area contributed by atoms with E-state index in [9.17, 15) is 9.90 Å². The van der Waals surface area contributed by atoms with Crippen molar-refractivity contribution >= 4 is 17.6 Å². The molecule has 1 aromatic heterocycles. The molecule has 0 bridgehead atoms. The first-order valence-electron chi connectivity index (χ1n) is 4.77. The first kappa shape index (κ1) is 12.9. The Morgan fingerprint density at radius 1 is 1.56 bits per heavy atom. The first-order chi connectivity index (χ1) is 7.39. The minimum Gasteiger partial charge on any atom is -0.467 e. The second kappa shape index (κ2) is 4.80. The lowest BCUT2D eigenvalue weighted by Gasteiger charge is -2.28. The molecule has 1 rings (SSSR count). The second-order valence-electron chi connectivity index (χ2n) is 4.02. The normalized spacial score (nSPS) is 13.3. The molecular weight excluding hydrogens is 230 g/mol. The Morgan fingerprint density at radius 3 is 2.62 bits per heavy atom. The van der Waals surface area contributed by atoms with E-state index in [4.69, 9.17) is 11.6 Å². The summed E-state index contributed by atoms with van der Waals surface area (Å²) in [6, 6.07) is 3.34. The predicted octanol–water partition coefficient (Wildman–Crippen LogP) is 1.55. The first-order valence-corrected chi connectivity index (χ1v) is 5.15. The Labute approximate surface area is 99.2 Å². The van der Waals surface area contributed by atoms with Crippen LogP contribution < -0.4 is 0 Å². The van der Waals surface area contributed by atoms with Crippen molar-refractivity contribution in [3.63, 3.8) is 0 Å². The van der Waals surface area contributed by atoms with Gasteiger partial charge in [-0.05, 0) is 11.6 Å². The maximum absolute atomic E-state index is 11.3. The van der Waals surface area contributed by atoms with Gasteiger partial charge >= 0.3 is 5.97 Å². The lowest BCUT2D eigenvalue weighted by molar-refractivity contribution is -0.153. The van der Waals surface area contributed by atoms with E-state index in [0.717, 1.165) is 5.56 Å². The maximum atomic E-state index is 11.3. The van der Waals surface area contributed by atoms with Crippen molar-refractivity contribution in [2.24, 2.45) is 0 Å². The van der Waals surface area contributed by atoms with Gasteiger partial charge in [0, 0.05) is 11.6 Å². The number of carbonyl (C=O) groups is 1. The molecule has 0 fully saturated rings. The topological polar surface area (TPSA) is 59.4 Å². The quantitative estimate of drug-likeness (QED) is 0.646. The van der Waals surface area contributed by atoms with Gasteiger partial charge in [-0.1, -0.05) is 31.5 Å². The molecule has 1 N–H and O–H groups in total. The highest BCUT2D eigenvalue weighted by atomic mass is 35.5. The number of halogens is 1. The highest BCUT2D eigenvalue weighted by Crippen LogP contribution is 2.27. The van der Waals surface area contributed by atoms with Gasteiger partial charge in [-0.2, -0.15) is 0 Å². The van der Waals surface area contributed by atoms with Crippen LogP contribution in [-0.2, 0) is 14.9 Å². The van der Waals surface area contributed by atoms with E-state index in [0.29, 0.717) is 5.15 Å². The van der Waals surface area contributed by atoms with E-state index in [2.05, 4.69) is 9.72 Å². The van der Waals surface area contributed by atoms with Crippen LogP contribution in [0.15, 0.2) is 18.3 Å². The number of aliphatic hydroxyl groups is 1. The van der Waals surface area contributed by atoms with Gasteiger partial charge in [0.05, 0.1) is 7.11 Å². The van der Waals surface area contributed by atoms with Crippen LogP contribution in [0.2, 0.25) is 5.15 Å². The average molecular weight is 244 g/mol. The van der Waals surface area contributed by atoms with Gasteiger partial charge in [0.1, 0.15) is 5.15 Å². The molecular formula is C11H14ClNO3. The van der Waals surface area contributed by atoms with E-state index in [1.54, 1.807) is 26.0 Å². The maximum Gasteiger partial charge on any atom is 0.335 e. The van der Waals surface area contributed by atoms with E-state index in [1.807, 2.05) is 0 Å². The molecule has 1 unspecified atom stereocenters. The van der Waals surface area contributed by atoms with Crippen molar-refractivity contribution in [1.82, 2.24) is 4.98 Å². The van der Waals surface area contributed by atoms with Crippen LogP contribution in [0.1, 0.15) is 19.4 Å². The number of hydrogen-bond donors (Lipinski definition) is 1. The lowest BCUT2D eigenvalue weighted by atomic mass is 9.80. The fourth-order valence-corrected chi connectivity index (χ4v) is 1.43. The Hall–Kier alpha value is -1.13. The molecule has 0 aliphatic rings. The SMILES string of the molecule is COC(=O)C(O)C(C)(C)c1ccc(Cl)nc1. The summed E-state index contributed by atoms with van der Waals surface area (Å²) in [5.74, 6) is -0.667. The number of ether oxygens (including phenoxy) is 1. The third kappa shape index (κ3) is 2.51. The van der Waals surface area contributed by atoms with E-state index >= 15 is 0 Å². The van der Waals surface area contributed by atoms with Crippen LogP contribution in [0.3, 0.4) is 0 Å². The van der Waals surface area contributed by atoms with Crippen molar-refractivity contribution in [1.29, 1.82) is 0 Å². The van der Waals surface area contributed by atoms with Crippen molar-refractivity contribution in [2.45, 2.75) is 25.4 Å². The third-order valence-electron chi connectivity index (χ3n) is 2.58. The average Bonchev–Trinajstić information content (AvgIpc) is 2.27. The number of carbonyl (C=O) groups excluding carboxylic acids is 1. The van der Waals surface area contributed by atoms with E-state index in [1.165, 1.54) is 13.3 Å². The van der Waals surface area contributed by atoms with Crippen molar-refractivity contribution in [3.8, 4) is 0 Å². The van der Waals surface area contributed by atoms with Crippen molar-refractivity contribution < 1.29 is 14.6 Å². The summed E-state index contributed by atoms with van der Waals surface area (Å²) >= 11 is 5.67. The summed E-state index contributed by atoms with van der Waals surface area (Å²) < 4.78 is 4.51. The molecule has 0 saturated heterocycles. The van der Waals surface area contributed by atoms with Gasteiger partial charge in [0.15, 0.2) is 6.10 Å². The molecule has 0 aliphatic heterocycles. The summed E-state index contributed by atoms with van der Waals surface area (Å²) in [7, 11) is 1.24. The number of methoxy groups -OCH3 is 1. The number of nitrogens with zero attached hydrogens (tertiary/aromatic N) is 1. The summed E-state index contributed by atoms with van der Waals surface area (Å²) in [4.78, 5) is 15.2. The molecule has 0 aromatic carbocycles. The van der Waals surface area contributed by atoms with Crippen molar-refractivity contribution in [3.05, 3.63) is 29.0 Å². The Balaban J connectivity index is 3.01. The van der Waals surface area contributed by atoms with Crippen molar-refractivity contribution in [2.75, 3.05) is 7.11 Å². The summed E-state index contributed by atoms with van der Waals surface area (Å²) in [5, 5.41) is 10.2. The molecule has 4 nitrogen and oxygen atoms in total. The molecule has 1 aromatic rings. The molecule has 1 heterocycles. The van der Waals surface area contributed by atoms with Gasteiger partial charge in [0.25, 0.3) is 0 Å². The van der Waals surface area contributed by atoms with Crippen LogP contribution in [0.25, 0.3) is 0 Å². The van der Waals surface area contributed by atoms with Crippen LogP contribution in [0.4, 0.5) is 0 Å². The minimum absolute atomic E-state index is 0.368. The smallest absolute Gasteiger partial charge is 0.335 e. The lowest BCUT2D eigenvalue weighted by Crippen LogP contribution is -2.40. The molecule has 16 heavy (non-hydrogen) atoms. The minimum atomic E-state index is -1.24. The standard InChI is InChI=1S/C11H14ClNO3/c1-11(2,9(14)10(15)16-3)7-4-5-8(12)13-6-7/h4-6,9,14H,1-3H3. The number of hydrogen-bond acceptors (Lipinski definition) is 4. The van der Waals surface area contributed by atoms with E-state index in [-0.39, 0.29) is 0 Å². The van der Waals surface area contributed by atoms with Gasteiger partial charge in [-0.25, -0.2) is 9.78 Å². The Bertz CT molecular complexity index is 375. The highest BCUT2D eigenvalue weighted by molar-refractivity contribution is 6.29. The molecule has 88 valence electrons. The largest absolute Gasteiger partial charge is 0.467 e. The molecule has 0 radical (unpaired) electrons. The number of pyridine rings is 1. The third-order valence-corrected chi connectivity index (χ3v) is 2.80. The molecule has 0 spiro atoms. The van der Waals surface area contributed by atoms with E-state index < -0.39 is 17.5 Å². The zero-order valence-electron chi connectivity index (χ0n) is 9.40. The molecule has 0 saturated carbocycles. The summed E-state index contributed by atoms with van der Waals surface area (Å²) in [6.07, 6.45) is 0.301. The van der Waals surface area contributed by atoms with Gasteiger partial charge < -0.3 is 9.84 Å². The zero-order valence-corrected chi connectivity index (χ0v) is 10.2. The number of esters is 1. The Morgan fingerprint density at radius 2 is 2.19 bits per heavy atom. The molecule has 1 atom stereocenters. The highest BCUT2D eigenvalue weighted by Gasteiger charge is 2.36. The molecule has 0 aliphatic carbocycles. The fraction of sp³-hybridized carbons (Fsp3) is 0.455. The number of aliphatic hydroxyl groups excluding tert-OH is 1. The van der Waals surface area contributed by atoms with Crippen LogP contribution >= 0.6 is 11.6 Å². The molecule has 5 heteroatoms. The molecule has 0 amide bonds. The van der Waals surface area contributed by atoms with Crippen LogP contribution in [-0.4, -0.2) is 29.3 Å². The Kier molecular flexibility index (Phi) is 3.88. The predicted molar refractivity (Wildman–Crippen MR) is 60.3 cm³/mol.